The quantitative estimate of drug-likeness (QED) is 0.709. The second-order valence-corrected chi connectivity index (χ2v) is 8.36. The van der Waals surface area contributed by atoms with Gasteiger partial charge in [0, 0.05) is 4.75 Å². The summed E-state index contributed by atoms with van der Waals surface area (Å²) in [5, 5.41) is 2.80. The maximum atomic E-state index is 12.2. The number of oxazole rings is 1. The summed E-state index contributed by atoms with van der Waals surface area (Å²) in [5.74, 6) is -0.732. The molecule has 1 aromatic heterocycles. The number of carbonyl (C=O) groups excluding carboxylic acids is 1. The van der Waals surface area contributed by atoms with E-state index in [9.17, 15) is 13.2 Å². The fraction of sp³-hybridized carbons (Fsp3) is 0.385. The van der Waals surface area contributed by atoms with Gasteiger partial charge in [-0.15, -0.1) is 0 Å². The fourth-order valence-corrected chi connectivity index (χ4v) is 2.53. The first-order chi connectivity index (χ1) is 10.1. The third kappa shape index (κ3) is 4.14. The fourth-order valence-electron chi connectivity index (χ4n) is 1.86. The molecule has 0 aliphatic carbocycles. The van der Waals surface area contributed by atoms with E-state index in [0.29, 0.717) is 11.1 Å². The zero-order chi connectivity index (χ0) is 16.5. The highest BCUT2D eigenvalue weighted by Gasteiger charge is 2.34. The number of hydrogen-bond acceptors (Lipinski definition) is 7. The van der Waals surface area contributed by atoms with Crippen LogP contribution in [0.4, 0.5) is 6.01 Å². The summed E-state index contributed by atoms with van der Waals surface area (Å²) in [4.78, 5) is 16.4. The number of rotatable bonds is 5. The molecule has 7 nitrogen and oxygen atoms in total. The van der Waals surface area contributed by atoms with E-state index in [1.807, 2.05) is 10.8 Å². The first kappa shape index (κ1) is 16.6. The van der Waals surface area contributed by atoms with Gasteiger partial charge in [-0.25, -0.2) is 8.42 Å². The smallest absolute Gasteiger partial charge is 0.296 e. The number of amides is 1. The van der Waals surface area contributed by atoms with Crippen LogP contribution in [0.5, 0.6) is 0 Å². The number of nitrogens with zero attached hydrogens (tertiary/aromatic N) is 1. The summed E-state index contributed by atoms with van der Waals surface area (Å²) in [5.41, 5.74) is 1.19. The van der Waals surface area contributed by atoms with Gasteiger partial charge in [0.05, 0.1) is 6.26 Å². The third-order valence-corrected chi connectivity index (χ3v) is 3.65. The molecular formula is C13H17N3O4S2. The molecule has 0 saturated carbocycles. The standard InChI is InChI=1S/C13H17N3O4S2/c1-13(2,21)10(11(17)16-22(3,18)19)15-12-14-8-6-4-5-7-9(8)20-12/h4-7,10,21H,1-3H3,(H,14,15)(H,16,17)/t10-/m0/s1. The van der Waals surface area contributed by atoms with Gasteiger partial charge in [0.15, 0.2) is 5.58 Å². The van der Waals surface area contributed by atoms with Gasteiger partial charge in [-0.1, -0.05) is 12.1 Å². The molecule has 1 atom stereocenters. The van der Waals surface area contributed by atoms with Crippen molar-refractivity contribution < 1.29 is 17.6 Å². The monoisotopic (exact) mass is 343 g/mol. The Bertz CT molecular complexity index is 760. The van der Waals surface area contributed by atoms with Gasteiger partial charge >= 0.3 is 0 Å². The van der Waals surface area contributed by atoms with Crippen LogP contribution >= 0.6 is 12.6 Å². The highest BCUT2D eigenvalue weighted by molar-refractivity contribution is 7.89. The lowest BCUT2D eigenvalue weighted by Crippen LogP contribution is -2.51. The number of hydrogen-bond donors (Lipinski definition) is 3. The van der Waals surface area contributed by atoms with E-state index in [2.05, 4.69) is 22.9 Å². The predicted molar refractivity (Wildman–Crippen MR) is 87.5 cm³/mol. The zero-order valence-electron chi connectivity index (χ0n) is 12.3. The second kappa shape index (κ2) is 5.81. The molecule has 0 aliphatic heterocycles. The van der Waals surface area contributed by atoms with Crippen molar-refractivity contribution in [2.45, 2.75) is 24.6 Å². The van der Waals surface area contributed by atoms with Gasteiger partial charge in [0.25, 0.3) is 11.9 Å². The van der Waals surface area contributed by atoms with E-state index >= 15 is 0 Å². The topological polar surface area (TPSA) is 101 Å². The number of carbonyl (C=O) groups is 1. The van der Waals surface area contributed by atoms with Crippen LogP contribution in [-0.2, 0) is 14.8 Å². The Morgan fingerprint density at radius 2 is 2.00 bits per heavy atom. The minimum atomic E-state index is -3.67. The average Bonchev–Trinajstić information content (AvgIpc) is 2.74. The van der Waals surface area contributed by atoms with Crippen molar-refractivity contribution in [2.75, 3.05) is 11.6 Å². The first-order valence-corrected chi connectivity index (χ1v) is 8.76. The Hall–Kier alpha value is -1.74. The van der Waals surface area contributed by atoms with E-state index < -0.39 is 26.7 Å². The molecule has 0 bridgehead atoms. The van der Waals surface area contributed by atoms with Crippen LogP contribution in [0, 0.1) is 0 Å². The van der Waals surface area contributed by atoms with E-state index in [4.69, 9.17) is 4.42 Å². The molecule has 1 amide bonds. The average molecular weight is 343 g/mol. The van der Waals surface area contributed by atoms with Crippen LogP contribution in [0.25, 0.3) is 11.1 Å². The van der Waals surface area contributed by atoms with E-state index in [1.165, 1.54) is 0 Å². The molecular weight excluding hydrogens is 326 g/mol. The molecule has 0 fully saturated rings. The third-order valence-electron chi connectivity index (χ3n) is 2.82. The number of benzene rings is 1. The summed E-state index contributed by atoms with van der Waals surface area (Å²) in [6.07, 6.45) is 0.910. The first-order valence-electron chi connectivity index (χ1n) is 6.42. The van der Waals surface area contributed by atoms with Crippen molar-refractivity contribution in [1.29, 1.82) is 0 Å². The van der Waals surface area contributed by atoms with Crippen LogP contribution in [0.3, 0.4) is 0 Å². The molecule has 0 aliphatic rings. The summed E-state index contributed by atoms with van der Waals surface area (Å²) in [7, 11) is -3.67. The van der Waals surface area contributed by atoms with Gasteiger partial charge in [0.1, 0.15) is 11.6 Å². The van der Waals surface area contributed by atoms with Crippen LogP contribution in [-0.4, -0.2) is 36.4 Å². The second-order valence-electron chi connectivity index (χ2n) is 5.46. The number of para-hydroxylation sites is 2. The van der Waals surface area contributed by atoms with Crippen LogP contribution in [0.1, 0.15) is 13.8 Å². The van der Waals surface area contributed by atoms with Gasteiger partial charge in [-0.05, 0) is 26.0 Å². The molecule has 0 radical (unpaired) electrons. The summed E-state index contributed by atoms with van der Waals surface area (Å²) in [6, 6.07) is 6.28. The lowest BCUT2D eigenvalue weighted by molar-refractivity contribution is -0.120. The van der Waals surface area contributed by atoms with Crippen molar-refractivity contribution in [3.8, 4) is 0 Å². The molecule has 1 aromatic carbocycles. The summed E-state index contributed by atoms with van der Waals surface area (Å²) in [6.45, 7) is 3.36. The normalized spacial score (nSPS) is 13.8. The summed E-state index contributed by atoms with van der Waals surface area (Å²) >= 11 is 4.34. The van der Waals surface area contributed by atoms with Crippen LogP contribution in [0.15, 0.2) is 28.7 Å². The molecule has 1 heterocycles. The van der Waals surface area contributed by atoms with Gasteiger partial charge in [0.2, 0.25) is 10.0 Å². The Labute approximate surface area is 133 Å². The predicted octanol–water partition coefficient (Wildman–Crippen LogP) is 1.39. The molecule has 2 aromatic rings. The van der Waals surface area contributed by atoms with E-state index in [-0.39, 0.29) is 6.01 Å². The molecule has 22 heavy (non-hydrogen) atoms. The highest BCUT2D eigenvalue weighted by Crippen LogP contribution is 2.24. The molecule has 0 saturated heterocycles. The van der Waals surface area contributed by atoms with Crippen molar-refractivity contribution in [3.05, 3.63) is 24.3 Å². The van der Waals surface area contributed by atoms with Gasteiger partial charge < -0.3 is 9.73 Å². The number of sulfonamides is 1. The summed E-state index contributed by atoms with van der Waals surface area (Å²) < 4.78 is 29.1. The van der Waals surface area contributed by atoms with Crippen molar-refractivity contribution in [3.63, 3.8) is 0 Å². The van der Waals surface area contributed by atoms with Gasteiger partial charge in [-0.2, -0.15) is 17.6 Å². The molecule has 0 spiro atoms. The highest BCUT2D eigenvalue weighted by atomic mass is 32.2. The Morgan fingerprint density at radius 3 is 2.55 bits per heavy atom. The molecule has 9 heteroatoms. The minimum absolute atomic E-state index is 0.122. The zero-order valence-corrected chi connectivity index (χ0v) is 14.0. The Kier molecular flexibility index (Phi) is 4.39. The van der Waals surface area contributed by atoms with Crippen LogP contribution < -0.4 is 10.0 Å². The molecule has 0 unspecified atom stereocenters. The van der Waals surface area contributed by atoms with E-state index in [1.54, 1.807) is 32.0 Å². The van der Waals surface area contributed by atoms with Crippen molar-refractivity contribution in [1.82, 2.24) is 9.71 Å². The molecule has 2 rings (SSSR count). The Morgan fingerprint density at radius 1 is 1.36 bits per heavy atom. The van der Waals surface area contributed by atoms with Crippen molar-refractivity contribution >= 4 is 45.7 Å². The van der Waals surface area contributed by atoms with Gasteiger partial charge in [-0.3, -0.25) is 9.52 Å². The SMILES string of the molecule is CC(C)(S)[C@@H](Nc1nc2ccccc2o1)C(=O)NS(C)(=O)=O. The number of aromatic nitrogens is 1. The number of thiol groups is 1. The number of anilines is 1. The van der Waals surface area contributed by atoms with Crippen LogP contribution in [0.2, 0.25) is 0 Å². The Balaban J connectivity index is 2.28. The lowest BCUT2D eigenvalue weighted by Gasteiger charge is -2.28. The number of nitrogens with one attached hydrogen (secondary N) is 2. The van der Waals surface area contributed by atoms with E-state index in [0.717, 1.165) is 6.26 Å². The largest absolute Gasteiger partial charge is 0.424 e. The molecule has 120 valence electrons. The van der Waals surface area contributed by atoms with Crippen molar-refractivity contribution in [2.24, 2.45) is 0 Å². The lowest BCUT2D eigenvalue weighted by atomic mass is 10.0. The minimum Gasteiger partial charge on any atom is -0.424 e. The number of fused-ring (bicyclic) bond motifs is 1. The molecule has 2 N–H and O–H groups in total. The maximum Gasteiger partial charge on any atom is 0.296 e. The maximum absolute atomic E-state index is 12.2.